The molecule has 1 fully saturated rings. The number of piperidine rings is 1. The van der Waals surface area contributed by atoms with E-state index in [1.54, 1.807) is 0 Å². The first kappa shape index (κ1) is 22.9. The molecule has 1 amide bonds. The highest BCUT2D eigenvalue weighted by Gasteiger charge is 2.26. The predicted octanol–water partition coefficient (Wildman–Crippen LogP) is 6.79. The SMILES string of the molecule is Cc1cc(CSc2ccccc2)ccc1NC(=O)C1CCCN(Cc2cccc(Cl)c2)C1. The summed E-state index contributed by atoms with van der Waals surface area (Å²) in [5.74, 6) is 1.05. The average molecular weight is 465 g/mol. The molecule has 166 valence electrons. The molecule has 1 unspecified atom stereocenters. The van der Waals surface area contributed by atoms with Crippen molar-refractivity contribution in [2.75, 3.05) is 18.4 Å². The monoisotopic (exact) mass is 464 g/mol. The van der Waals surface area contributed by atoms with Crippen molar-refractivity contribution < 1.29 is 4.79 Å². The molecule has 0 spiro atoms. The summed E-state index contributed by atoms with van der Waals surface area (Å²) < 4.78 is 0. The van der Waals surface area contributed by atoms with Gasteiger partial charge in [0.05, 0.1) is 5.92 Å². The number of nitrogens with one attached hydrogen (secondary N) is 1. The van der Waals surface area contributed by atoms with Gasteiger partial charge in [-0.05, 0) is 73.3 Å². The molecule has 0 saturated carbocycles. The molecular formula is C27H29ClN2OS. The molecule has 1 atom stereocenters. The Morgan fingerprint density at radius 1 is 1.06 bits per heavy atom. The molecule has 3 aromatic rings. The van der Waals surface area contributed by atoms with Gasteiger partial charge in [0.15, 0.2) is 0 Å². The quantitative estimate of drug-likeness (QED) is 0.390. The minimum Gasteiger partial charge on any atom is -0.326 e. The summed E-state index contributed by atoms with van der Waals surface area (Å²) in [6.45, 7) is 4.70. The van der Waals surface area contributed by atoms with E-state index in [9.17, 15) is 4.79 Å². The van der Waals surface area contributed by atoms with Crippen molar-refractivity contribution in [3.63, 3.8) is 0 Å². The van der Waals surface area contributed by atoms with Gasteiger partial charge in [0.25, 0.3) is 0 Å². The summed E-state index contributed by atoms with van der Waals surface area (Å²) in [6.07, 6.45) is 1.97. The number of anilines is 1. The number of thioether (sulfide) groups is 1. The third kappa shape index (κ3) is 6.38. The van der Waals surface area contributed by atoms with Crippen LogP contribution >= 0.6 is 23.4 Å². The van der Waals surface area contributed by atoms with Gasteiger partial charge in [-0.1, -0.05) is 54.1 Å². The van der Waals surface area contributed by atoms with Crippen LogP contribution in [0.4, 0.5) is 5.69 Å². The number of rotatable bonds is 7. The van der Waals surface area contributed by atoms with Crippen molar-refractivity contribution in [2.45, 2.75) is 37.0 Å². The van der Waals surface area contributed by atoms with Crippen LogP contribution in [0.3, 0.4) is 0 Å². The van der Waals surface area contributed by atoms with Crippen LogP contribution in [0.5, 0.6) is 0 Å². The first-order valence-electron chi connectivity index (χ1n) is 11.1. The second-order valence-electron chi connectivity index (χ2n) is 8.44. The first-order chi connectivity index (χ1) is 15.6. The highest BCUT2D eigenvalue weighted by atomic mass is 35.5. The maximum atomic E-state index is 13.0. The van der Waals surface area contributed by atoms with Crippen molar-refractivity contribution in [3.8, 4) is 0 Å². The number of hydrogen-bond donors (Lipinski definition) is 1. The van der Waals surface area contributed by atoms with E-state index in [1.807, 2.05) is 42.1 Å². The van der Waals surface area contributed by atoms with Gasteiger partial charge < -0.3 is 5.32 Å². The molecule has 1 N–H and O–H groups in total. The second kappa shape index (κ2) is 11.0. The van der Waals surface area contributed by atoms with E-state index in [0.717, 1.165) is 54.5 Å². The molecule has 32 heavy (non-hydrogen) atoms. The first-order valence-corrected chi connectivity index (χ1v) is 12.5. The molecule has 0 aliphatic carbocycles. The molecule has 3 aromatic carbocycles. The minimum atomic E-state index is 0.00986. The Labute approximate surface area is 200 Å². The van der Waals surface area contributed by atoms with Gasteiger partial charge in [0.2, 0.25) is 5.91 Å². The van der Waals surface area contributed by atoms with Gasteiger partial charge in [-0.25, -0.2) is 0 Å². The molecule has 1 aliphatic heterocycles. The Hall–Kier alpha value is -2.27. The normalized spacial score (nSPS) is 16.6. The Balaban J connectivity index is 1.32. The lowest BCUT2D eigenvalue weighted by molar-refractivity contribution is -0.121. The topological polar surface area (TPSA) is 32.3 Å². The number of aryl methyl sites for hydroxylation is 1. The van der Waals surface area contributed by atoms with Crippen LogP contribution in [0.15, 0.2) is 77.7 Å². The Kier molecular flexibility index (Phi) is 7.90. The van der Waals surface area contributed by atoms with Crippen molar-refractivity contribution >= 4 is 35.0 Å². The average Bonchev–Trinajstić information content (AvgIpc) is 2.80. The summed E-state index contributed by atoms with van der Waals surface area (Å²) in [5, 5.41) is 3.94. The van der Waals surface area contributed by atoms with Gasteiger partial charge in [-0.2, -0.15) is 0 Å². The Morgan fingerprint density at radius 3 is 2.69 bits per heavy atom. The molecule has 1 saturated heterocycles. The van der Waals surface area contributed by atoms with Gasteiger partial charge in [0, 0.05) is 34.4 Å². The summed E-state index contributed by atoms with van der Waals surface area (Å²) in [6, 6.07) is 24.7. The van der Waals surface area contributed by atoms with Gasteiger partial charge in [-0.3, -0.25) is 9.69 Å². The predicted molar refractivity (Wildman–Crippen MR) is 135 cm³/mol. The number of likely N-dealkylation sites (tertiary alicyclic amines) is 1. The fourth-order valence-corrected chi connectivity index (χ4v) is 5.26. The number of halogens is 1. The molecule has 0 aromatic heterocycles. The fraction of sp³-hybridized carbons (Fsp3) is 0.296. The number of carbonyl (C=O) groups is 1. The molecular weight excluding hydrogens is 436 g/mol. The molecule has 0 radical (unpaired) electrons. The highest BCUT2D eigenvalue weighted by Crippen LogP contribution is 2.26. The van der Waals surface area contributed by atoms with Crippen LogP contribution < -0.4 is 5.32 Å². The number of hydrogen-bond acceptors (Lipinski definition) is 3. The summed E-state index contributed by atoms with van der Waals surface area (Å²) >= 11 is 7.95. The van der Waals surface area contributed by atoms with E-state index >= 15 is 0 Å². The van der Waals surface area contributed by atoms with Crippen LogP contribution in [0.1, 0.15) is 29.5 Å². The van der Waals surface area contributed by atoms with E-state index in [0.29, 0.717) is 0 Å². The van der Waals surface area contributed by atoms with E-state index in [-0.39, 0.29) is 11.8 Å². The van der Waals surface area contributed by atoms with E-state index in [1.165, 1.54) is 16.0 Å². The summed E-state index contributed by atoms with van der Waals surface area (Å²) in [4.78, 5) is 16.6. The highest BCUT2D eigenvalue weighted by molar-refractivity contribution is 7.98. The molecule has 0 bridgehead atoms. The maximum Gasteiger partial charge on any atom is 0.228 e. The third-order valence-corrected chi connectivity index (χ3v) is 7.19. The van der Waals surface area contributed by atoms with Crippen molar-refractivity contribution in [1.29, 1.82) is 0 Å². The maximum absolute atomic E-state index is 13.0. The van der Waals surface area contributed by atoms with Gasteiger partial charge in [-0.15, -0.1) is 11.8 Å². The van der Waals surface area contributed by atoms with Gasteiger partial charge in [0.1, 0.15) is 0 Å². The lowest BCUT2D eigenvalue weighted by Gasteiger charge is -2.32. The van der Waals surface area contributed by atoms with Crippen LogP contribution in [-0.4, -0.2) is 23.9 Å². The number of carbonyl (C=O) groups excluding carboxylic acids is 1. The number of amides is 1. The van der Waals surface area contributed by atoms with Crippen LogP contribution in [-0.2, 0) is 17.1 Å². The standard InChI is InChI=1S/C27H29ClN2OS/c1-20-15-22(19-32-25-10-3-2-4-11-25)12-13-26(20)29-27(31)23-8-6-14-30(18-23)17-21-7-5-9-24(28)16-21/h2-5,7,9-13,15-16,23H,6,8,14,17-19H2,1H3,(H,29,31). The van der Waals surface area contributed by atoms with E-state index in [4.69, 9.17) is 11.6 Å². The molecule has 3 nitrogen and oxygen atoms in total. The molecule has 4 rings (SSSR count). The van der Waals surface area contributed by atoms with E-state index < -0.39 is 0 Å². The fourth-order valence-electron chi connectivity index (χ4n) is 4.18. The lowest BCUT2D eigenvalue weighted by atomic mass is 9.96. The van der Waals surface area contributed by atoms with Crippen LogP contribution in [0, 0.1) is 12.8 Å². The summed E-state index contributed by atoms with van der Waals surface area (Å²) in [7, 11) is 0. The lowest BCUT2D eigenvalue weighted by Crippen LogP contribution is -2.40. The zero-order valence-electron chi connectivity index (χ0n) is 18.4. The van der Waals surface area contributed by atoms with Gasteiger partial charge >= 0.3 is 0 Å². The number of nitrogens with zero attached hydrogens (tertiary/aromatic N) is 1. The van der Waals surface area contributed by atoms with E-state index in [2.05, 4.69) is 59.6 Å². The zero-order chi connectivity index (χ0) is 22.3. The van der Waals surface area contributed by atoms with Crippen molar-refractivity contribution in [1.82, 2.24) is 4.90 Å². The smallest absolute Gasteiger partial charge is 0.228 e. The van der Waals surface area contributed by atoms with Crippen molar-refractivity contribution in [3.05, 3.63) is 94.5 Å². The molecule has 1 heterocycles. The summed E-state index contributed by atoms with van der Waals surface area (Å²) in [5.41, 5.74) is 4.48. The number of benzene rings is 3. The Morgan fingerprint density at radius 2 is 1.91 bits per heavy atom. The van der Waals surface area contributed by atoms with Crippen LogP contribution in [0.25, 0.3) is 0 Å². The zero-order valence-corrected chi connectivity index (χ0v) is 20.0. The third-order valence-electron chi connectivity index (χ3n) is 5.87. The molecule has 5 heteroatoms. The van der Waals surface area contributed by atoms with Crippen LogP contribution in [0.2, 0.25) is 5.02 Å². The second-order valence-corrected chi connectivity index (χ2v) is 9.93. The molecule has 1 aliphatic rings. The minimum absolute atomic E-state index is 0.00986. The van der Waals surface area contributed by atoms with Crippen molar-refractivity contribution in [2.24, 2.45) is 5.92 Å². The largest absolute Gasteiger partial charge is 0.326 e. The Bertz CT molecular complexity index is 1060.